The van der Waals surface area contributed by atoms with Gasteiger partial charge in [0.2, 0.25) is 0 Å². The maximum Gasteiger partial charge on any atom is 0.176 e. The maximum atomic E-state index is 10.8. The fourth-order valence-electron chi connectivity index (χ4n) is 1.54. The van der Waals surface area contributed by atoms with Gasteiger partial charge in [-0.3, -0.25) is 0 Å². The smallest absolute Gasteiger partial charge is 0.176 e. The van der Waals surface area contributed by atoms with Crippen molar-refractivity contribution in [1.82, 2.24) is 14.6 Å². The van der Waals surface area contributed by atoms with Crippen LogP contribution >= 0.6 is 11.6 Å². The van der Waals surface area contributed by atoms with Gasteiger partial charge in [-0.2, -0.15) is 14.9 Å². The van der Waals surface area contributed by atoms with Gasteiger partial charge in [-0.05, 0) is 6.92 Å². The van der Waals surface area contributed by atoms with Gasteiger partial charge in [-0.1, -0.05) is 11.6 Å². The van der Waals surface area contributed by atoms with Gasteiger partial charge in [0.15, 0.2) is 16.7 Å². The molecule has 1 unspecified atom stereocenters. The lowest BCUT2D eigenvalue weighted by Gasteiger charge is -2.06. The molecule has 3 N–H and O–H groups in total. The third-order valence-electron chi connectivity index (χ3n) is 2.35. The van der Waals surface area contributed by atoms with Crippen molar-refractivity contribution in [2.24, 2.45) is 0 Å². The number of aryl methyl sites for hydroxylation is 1. The standard InChI is InChI=1S/C9H8ClN5O2S/c1-4-7(10)9-13-6(3-18(16)17)5(2-11)8(12)15(9)14-4/h3,12H2,1H3,(H,16,17). The summed E-state index contributed by atoms with van der Waals surface area (Å²) in [4.78, 5) is 4.08. The lowest BCUT2D eigenvalue weighted by Crippen LogP contribution is -2.09. The molecule has 0 saturated carbocycles. The molecule has 7 nitrogen and oxygen atoms in total. The van der Waals surface area contributed by atoms with E-state index in [4.69, 9.17) is 27.1 Å². The van der Waals surface area contributed by atoms with E-state index in [1.165, 1.54) is 4.52 Å². The van der Waals surface area contributed by atoms with Crippen molar-refractivity contribution in [3.05, 3.63) is 22.0 Å². The van der Waals surface area contributed by atoms with Gasteiger partial charge in [-0.15, -0.1) is 0 Å². The van der Waals surface area contributed by atoms with E-state index in [2.05, 4.69) is 10.1 Å². The molecule has 94 valence electrons. The Balaban J connectivity index is 2.82. The summed E-state index contributed by atoms with van der Waals surface area (Å²) in [7, 11) is 0. The first-order valence-electron chi connectivity index (χ1n) is 4.76. The van der Waals surface area contributed by atoms with Crippen molar-refractivity contribution in [2.45, 2.75) is 12.7 Å². The number of hydrogen-bond acceptors (Lipinski definition) is 5. The second kappa shape index (κ2) is 4.53. The average molecular weight is 286 g/mol. The van der Waals surface area contributed by atoms with Crippen molar-refractivity contribution in [3.8, 4) is 6.07 Å². The number of nitrogens with two attached hydrogens (primary N) is 1. The van der Waals surface area contributed by atoms with Gasteiger partial charge in [0, 0.05) is 0 Å². The summed E-state index contributed by atoms with van der Waals surface area (Å²) >= 11 is 3.87. The van der Waals surface area contributed by atoms with Crippen LogP contribution in [-0.4, -0.2) is 23.4 Å². The molecule has 0 aliphatic rings. The third kappa shape index (κ3) is 1.92. The molecular formula is C9H8ClN5O2S. The summed E-state index contributed by atoms with van der Waals surface area (Å²) in [6.45, 7) is 1.67. The van der Waals surface area contributed by atoms with E-state index in [1.807, 2.05) is 6.07 Å². The minimum Gasteiger partial charge on any atom is -0.382 e. The highest BCUT2D eigenvalue weighted by atomic mass is 35.5. The second-order valence-electron chi connectivity index (χ2n) is 3.53. The maximum absolute atomic E-state index is 10.8. The average Bonchev–Trinajstić information content (AvgIpc) is 2.57. The summed E-state index contributed by atoms with van der Waals surface area (Å²) in [6.07, 6.45) is 0. The molecule has 0 aliphatic heterocycles. The third-order valence-corrected chi connectivity index (χ3v) is 3.31. The lowest BCUT2D eigenvalue weighted by atomic mass is 10.2. The molecule has 2 heterocycles. The molecule has 18 heavy (non-hydrogen) atoms. The quantitative estimate of drug-likeness (QED) is 0.791. The lowest BCUT2D eigenvalue weighted by molar-refractivity contribution is 0.562. The van der Waals surface area contributed by atoms with Gasteiger partial charge < -0.3 is 10.3 Å². The zero-order chi connectivity index (χ0) is 13.4. The Morgan fingerprint density at radius 2 is 2.33 bits per heavy atom. The molecule has 2 rings (SSSR count). The highest BCUT2D eigenvalue weighted by molar-refractivity contribution is 7.78. The first kappa shape index (κ1) is 12.8. The molecule has 0 fully saturated rings. The second-order valence-corrected chi connectivity index (χ2v) is 4.84. The minimum absolute atomic E-state index is 0.0315. The first-order chi connectivity index (χ1) is 8.45. The monoisotopic (exact) mass is 285 g/mol. The Bertz CT molecular complexity index is 705. The van der Waals surface area contributed by atoms with Crippen molar-refractivity contribution < 1.29 is 8.76 Å². The van der Waals surface area contributed by atoms with E-state index < -0.39 is 11.1 Å². The molecule has 0 saturated heterocycles. The van der Waals surface area contributed by atoms with Crippen LogP contribution < -0.4 is 5.73 Å². The number of nitriles is 1. The largest absolute Gasteiger partial charge is 0.382 e. The Hall–Kier alpha value is -1.69. The van der Waals surface area contributed by atoms with Crippen LogP contribution in [0.15, 0.2) is 0 Å². The number of nitrogens with zero attached hydrogens (tertiary/aromatic N) is 4. The van der Waals surface area contributed by atoms with Crippen molar-refractivity contribution >= 4 is 34.1 Å². The summed E-state index contributed by atoms with van der Waals surface area (Å²) in [5.41, 5.74) is 6.73. The number of halogens is 1. The molecule has 0 aromatic carbocycles. The molecule has 9 heteroatoms. The number of fused-ring (bicyclic) bond motifs is 1. The number of hydrogen-bond donors (Lipinski definition) is 2. The van der Waals surface area contributed by atoms with Crippen molar-refractivity contribution in [2.75, 3.05) is 5.73 Å². The molecule has 0 radical (unpaired) electrons. The Labute approximate surface area is 109 Å². The van der Waals surface area contributed by atoms with E-state index in [9.17, 15) is 4.21 Å². The van der Waals surface area contributed by atoms with Crippen LogP contribution in [0.5, 0.6) is 0 Å². The van der Waals surface area contributed by atoms with E-state index >= 15 is 0 Å². The number of nitrogen functional groups attached to an aromatic ring is 1. The van der Waals surface area contributed by atoms with Crippen LogP contribution in [0.4, 0.5) is 5.82 Å². The predicted octanol–water partition coefficient (Wildman–Crippen LogP) is 0.867. The van der Waals surface area contributed by atoms with Crippen molar-refractivity contribution in [3.63, 3.8) is 0 Å². The minimum atomic E-state index is -2.12. The Morgan fingerprint density at radius 1 is 1.67 bits per heavy atom. The van der Waals surface area contributed by atoms with Gasteiger partial charge in [0.25, 0.3) is 0 Å². The van der Waals surface area contributed by atoms with Crippen LogP contribution in [0.25, 0.3) is 5.65 Å². The summed E-state index contributed by atoms with van der Waals surface area (Å²) in [6, 6.07) is 1.85. The Kier molecular flexibility index (Phi) is 3.21. The fraction of sp³-hybridized carbons (Fsp3) is 0.222. The number of aromatic nitrogens is 3. The van der Waals surface area contributed by atoms with E-state index in [0.29, 0.717) is 10.7 Å². The Morgan fingerprint density at radius 3 is 2.89 bits per heavy atom. The molecule has 1 atom stereocenters. The highest BCUT2D eigenvalue weighted by Crippen LogP contribution is 2.25. The van der Waals surface area contributed by atoms with Gasteiger partial charge in [0.05, 0.1) is 17.1 Å². The molecule has 2 aromatic rings. The summed E-state index contributed by atoms with van der Waals surface area (Å²) in [5, 5.41) is 13.4. The molecule has 0 bridgehead atoms. The summed E-state index contributed by atoms with van der Waals surface area (Å²) in [5.74, 6) is -0.234. The van der Waals surface area contributed by atoms with Crippen molar-refractivity contribution in [1.29, 1.82) is 5.26 Å². The summed E-state index contributed by atoms with van der Waals surface area (Å²) < 4.78 is 21.0. The molecule has 0 spiro atoms. The number of anilines is 1. The SMILES string of the molecule is Cc1nn2c(N)c(C#N)c(CS(=O)O)nc2c1Cl. The van der Waals surface area contributed by atoms with Gasteiger partial charge >= 0.3 is 0 Å². The normalized spacial score (nSPS) is 12.6. The number of rotatable bonds is 2. The van der Waals surface area contributed by atoms with Crippen LogP contribution in [0, 0.1) is 18.3 Å². The van der Waals surface area contributed by atoms with E-state index in [0.717, 1.165) is 0 Å². The van der Waals surface area contributed by atoms with E-state index in [-0.39, 0.29) is 28.5 Å². The molecule has 2 aromatic heterocycles. The van der Waals surface area contributed by atoms with Crippen LogP contribution in [0.1, 0.15) is 17.0 Å². The van der Waals surface area contributed by atoms with Crippen LogP contribution in [0.2, 0.25) is 5.02 Å². The molecule has 0 amide bonds. The van der Waals surface area contributed by atoms with Gasteiger partial charge in [0.1, 0.15) is 22.5 Å². The molecule has 0 aliphatic carbocycles. The predicted molar refractivity (Wildman–Crippen MR) is 66.3 cm³/mol. The molecular weight excluding hydrogens is 278 g/mol. The topological polar surface area (TPSA) is 117 Å². The van der Waals surface area contributed by atoms with Gasteiger partial charge in [-0.25, -0.2) is 9.19 Å². The zero-order valence-corrected chi connectivity index (χ0v) is 10.8. The van der Waals surface area contributed by atoms with Crippen LogP contribution in [0.3, 0.4) is 0 Å². The first-order valence-corrected chi connectivity index (χ1v) is 6.41. The highest BCUT2D eigenvalue weighted by Gasteiger charge is 2.18. The van der Waals surface area contributed by atoms with E-state index in [1.54, 1.807) is 6.92 Å². The fourth-order valence-corrected chi connectivity index (χ4v) is 2.14. The van der Waals surface area contributed by atoms with Crippen LogP contribution in [-0.2, 0) is 16.8 Å². The zero-order valence-electron chi connectivity index (χ0n) is 9.21.